The van der Waals surface area contributed by atoms with E-state index in [4.69, 9.17) is 0 Å². The van der Waals surface area contributed by atoms with Crippen LogP contribution >= 0.6 is 0 Å². The molecule has 2 aromatic rings. The smallest absolute Gasteiger partial charge is 0.230 e. The molecule has 4 heteroatoms. The zero-order valence-electron chi connectivity index (χ0n) is 15.7. The van der Waals surface area contributed by atoms with E-state index in [1.54, 1.807) is 4.90 Å². The minimum atomic E-state index is 0.104. The number of benzene rings is 2. The van der Waals surface area contributed by atoms with E-state index in [1.165, 1.54) is 31.5 Å². The molecule has 138 valence electrons. The van der Waals surface area contributed by atoms with E-state index in [2.05, 4.69) is 47.9 Å². The molecule has 0 bridgehead atoms. The number of quaternary nitrogens is 2. The summed E-state index contributed by atoms with van der Waals surface area (Å²) in [5, 5.41) is 5.39. The lowest BCUT2D eigenvalue weighted by Gasteiger charge is -2.29. The Morgan fingerprint density at radius 3 is 2.35 bits per heavy atom. The Morgan fingerprint density at radius 2 is 1.69 bits per heavy atom. The maximum atomic E-state index is 12.2. The first-order valence-electron chi connectivity index (χ1n) is 9.76. The molecule has 1 amide bonds. The van der Waals surface area contributed by atoms with Crippen LogP contribution in [0.3, 0.4) is 0 Å². The van der Waals surface area contributed by atoms with Gasteiger partial charge in [0.2, 0.25) is 5.91 Å². The lowest BCUT2D eigenvalue weighted by atomic mass is 10.0. The fourth-order valence-corrected chi connectivity index (χ4v) is 3.86. The second-order valence-corrected chi connectivity index (χ2v) is 7.54. The number of amides is 1. The van der Waals surface area contributed by atoms with Crippen molar-refractivity contribution < 1.29 is 15.0 Å². The Kier molecular flexibility index (Phi) is 6.81. The molecule has 0 radical (unpaired) electrons. The van der Waals surface area contributed by atoms with Gasteiger partial charge in [-0.2, -0.15) is 0 Å². The number of anilines is 1. The number of carbonyl (C=O) groups is 1. The summed E-state index contributed by atoms with van der Waals surface area (Å²) in [5.41, 5.74) is 2.30. The van der Waals surface area contributed by atoms with Crippen molar-refractivity contribution in [3.05, 3.63) is 66.2 Å². The SMILES string of the molecule is C[C@@H](CC(=O)Nc1ccccc1)[NH2+]C1CC[NH+](Cc2ccccc2)CC1. The molecule has 4 N–H and O–H groups in total. The van der Waals surface area contributed by atoms with Crippen LogP contribution in [0.5, 0.6) is 0 Å². The Balaban J connectivity index is 1.36. The van der Waals surface area contributed by atoms with E-state index in [0.717, 1.165) is 12.2 Å². The van der Waals surface area contributed by atoms with Crippen LogP contribution in [-0.2, 0) is 11.3 Å². The van der Waals surface area contributed by atoms with E-state index < -0.39 is 0 Å². The van der Waals surface area contributed by atoms with Crippen molar-refractivity contribution in [1.82, 2.24) is 0 Å². The zero-order valence-corrected chi connectivity index (χ0v) is 15.7. The molecule has 0 unspecified atom stereocenters. The van der Waals surface area contributed by atoms with E-state index in [-0.39, 0.29) is 5.91 Å². The van der Waals surface area contributed by atoms with Gasteiger partial charge in [0.05, 0.1) is 31.6 Å². The summed E-state index contributed by atoms with van der Waals surface area (Å²) in [5.74, 6) is 0.104. The summed E-state index contributed by atoms with van der Waals surface area (Å²) in [7, 11) is 0. The van der Waals surface area contributed by atoms with Crippen LogP contribution in [0.1, 0.15) is 31.7 Å². The highest BCUT2D eigenvalue weighted by molar-refractivity contribution is 5.90. The van der Waals surface area contributed by atoms with Gasteiger partial charge in [0, 0.05) is 24.1 Å². The standard InChI is InChI=1S/C22H29N3O/c1-18(16-22(26)24-20-10-6-3-7-11-20)23-21-12-14-25(15-13-21)17-19-8-4-2-5-9-19/h2-11,18,21,23H,12-17H2,1H3,(H,24,26)/p+2/t18-/m0/s1. The highest BCUT2D eigenvalue weighted by atomic mass is 16.1. The Morgan fingerprint density at radius 1 is 1.08 bits per heavy atom. The van der Waals surface area contributed by atoms with Crippen LogP contribution in [0.25, 0.3) is 0 Å². The van der Waals surface area contributed by atoms with Gasteiger partial charge in [0.15, 0.2) is 0 Å². The Bertz CT molecular complexity index is 666. The van der Waals surface area contributed by atoms with Gasteiger partial charge in [-0.25, -0.2) is 0 Å². The number of likely N-dealkylation sites (tertiary alicyclic amines) is 1. The number of hydrogen-bond acceptors (Lipinski definition) is 1. The zero-order chi connectivity index (χ0) is 18.2. The molecule has 4 nitrogen and oxygen atoms in total. The summed E-state index contributed by atoms with van der Waals surface area (Å²) in [4.78, 5) is 13.9. The first-order valence-corrected chi connectivity index (χ1v) is 9.76. The molecule has 26 heavy (non-hydrogen) atoms. The Labute approximate surface area is 156 Å². The van der Waals surface area contributed by atoms with Crippen LogP contribution in [0.2, 0.25) is 0 Å². The third-order valence-corrected chi connectivity index (χ3v) is 5.20. The van der Waals surface area contributed by atoms with Gasteiger partial charge in [-0.3, -0.25) is 4.79 Å². The van der Waals surface area contributed by atoms with Crippen molar-refractivity contribution in [2.75, 3.05) is 18.4 Å². The summed E-state index contributed by atoms with van der Waals surface area (Å²) in [6.07, 6.45) is 3.02. The quantitative estimate of drug-likeness (QED) is 0.689. The van der Waals surface area contributed by atoms with Gasteiger partial charge in [-0.15, -0.1) is 0 Å². The van der Waals surface area contributed by atoms with Crippen LogP contribution in [0, 0.1) is 0 Å². The number of nitrogens with two attached hydrogens (primary N) is 1. The molecule has 1 heterocycles. The van der Waals surface area contributed by atoms with Crippen molar-refractivity contribution in [3.63, 3.8) is 0 Å². The second kappa shape index (κ2) is 9.51. The van der Waals surface area contributed by atoms with Gasteiger partial charge in [-0.05, 0) is 19.1 Å². The summed E-state index contributed by atoms with van der Waals surface area (Å²) >= 11 is 0. The van der Waals surface area contributed by atoms with Crippen molar-refractivity contribution in [3.8, 4) is 0 Å². The third kappa shape index (κ3) is 5.97. The number of piperidine rings is 1. The summed E-state index contributed by atoms with van der Waals surface area (Å²) in [6, 6.07) is 21.4. The predicted molar refractivity (Wildman–Crippen MR) is 105 cm³/mol. The van der Waals surface area contributed by atoms with Crippen molar-refractivity contribution in [2.24, 2.45) is 0 Å². The van der Waals surface area contributed by atoms with Gasteiger partial charge < -0.3 is 15.5 Å². The van der Waals surface area contributed by atoms with E-state index >= 15 is 0 Å². The first-order chi connectivity index (χ1) is 12.7. The third-order valence-electron chi connectivity index (χ3n) is 5.20. The van der Waals surface area contributed by atoms with Crippen molar-refractivity contribution >= 4 is 11.6 Å². The van der Waals surface area contributed by atoms with E-state index in [1.807, 2.05) is 30.3 Å². The summed E-state index contributed by atoms with van der Waals surface area (Å²) < 4.78 is 0. The highest BCUT2D eigenvalue weighted by Crippen LogP contribution is 2.06. The number of para-hydroxylation sites is 1. The molecule has 1 aliphatic heterocycles. The molecular weight excluding hydrogens is 322 g/mol. The molecule has 0 saturated carbocycles. The molecule has 0 spiro atoms. The van der Waals surface area contributed by atoms with Crippen LogP contribution in [-0.4, -0.2) is 31.1 Å². The average Bonchev–Trinajstić information content (AvgIpc) is 2.65. The normalized spacial score (nSPS) is 21.1. The topological polar surface area (TPSA) is 50.1 Å². The lowest BCUT2D eigenvalue weighted by Crippen LogP contribution is -3.14. The predicted octanol–water partition coefficient (Wildman–Crippen LogP) is 1.21. The average molecular weight is 354 g/mol. The monoisotopic (exact) mass is 353 g/mol. The molecule has 2 aromatic carbocycles. The van der Waals surface area contributed by atoms with Crippen molar-refractivity contribution in [2.45, 2.75) is 44.8 Å². The van der Waals surface area contributed by atoms with E-state index in [0.29, 0.717) is 18.5 Å². The summed E-state index contributed by atoms with van der Waals surface area (Å²) in [6.45, 7) is 5.73. The van der Waals surface area contributed by atoms with Crippen LogP contribution in [0.4, 0.5) is 5.69 Å². The minimum absolute atomic E-state index is 0.104. The maximum Gasteiger partial charge on any atom is 0.230 e. The molecule has 1 fully saturated rings. The Hall–Kier alpha value is -2.17. The second-order valence-electron chi connectivity index (χ2n) is 7.54. The van der Waals surface area contributed by atoms with Gasteiger partial charge >= 0.3 is 0 Å². The molecule has 1 saturated heterocycles. The molecule has 0 aliphatic carbocycles. The maximum absolute atomic E-state index is 12.2. The minimum Gasteiger partial charge on any atom is -0.341 e. The van der Waals surface area contributed by atoms with Gasteiger partial charge in [0.25, 0.3) is 0 Å². The van der Waals surface area contributed by atoms with Crippen LogP contribution < -0.4 is 15.5 Å². The van der Waals surface area contributed by atoms with Gasteiger partial charge in [-0.1, -0.05) is 48.5 Å². The number of carbonyl (C=O) groups excluding carboxylic acids is 1. The molecule has 0 aromatic heterocycles. The first kappa shape index (κ1) is 18.6. The molecular formula is C22H31N3O+2. The fourth-order valence-electron chi connectivity index (χ4n) is 3.86. The molecule has 1 aliphatic rings. The largest absolute Gasteiger partial charge is 0.341 e. The lowest BCUT2D eigenvalue weighted by molar-refractivity contribution is -0.927. The fraction of sp³-hybridized carbons (Fsp3) is 0.409. The van der Waals surface area contributed by atoms with E-state index in [9.17, 15) is 4.79 Å². The number of rotatable bonds is 7. The molecule has 1 atom stereocenters. The molecule has 3 rings (SSSR count). The highest BCUT2D eigenvalue weighted by Gasteiger charge is 2.26. The van der Waals surface area contributed by atoms with Crippen molar-refractivity contribution in [1.29, 1.82) is 0 Å². The number of nitrogens with one attached hydrogen (secondary N) is 2. The number of hydrogen-bond donors (Lipinski definition) is 3. The van der Waals surface area contributed by atoms with Gasteiger partial charge in [0.1, 0.15) is 6.54 Å². The van der Waals surface area contributed by atoms with Crippen LogP contribution in [0.15, 0.2) is 60.7 Å².